The van der Waals surface area contributed by atoms with E-state index in [1.807, 2.05) is 6.92 Å². The molecule has 1 N–H and O–H groups in total. The zero-order valence-corrected chi connectivity index (χ0v) is 18.2. The molecule has 7 nitrogen and oxygen atoms in total. The minimum Gasteiger partial charge on any atom is -0.507 e. The lowest BCUT2D eigenvalue weighted by molar-refractivity contribution is -0.140. The van der Waals surface area contributed by atoms with Gasteiger partial charge in [0.25, 0.3) is 11.7 Å². The molecular weight excluding hydrogens is 394 g/mol. The molecule has 1 amide bonds. The molecule has 7 heteroatoms. The summed E-state index contributed by atoms with van der Waals surface area (Å²) in [7, 11) is 0. The highest BCUT2D eigenvalue weighted by Gasteiger charge is 2.45. The van der Waals surface area contributed by atoms with Crippen molar-refractivity contribution < 1.29 is 19.4 Å². The Morgan fingerprint density at radius 3 is 2.48 bits per heavy atom. The lowest BCUT2D eigenvalue weighted by Gasteiger charge is -2.28. The van der Waals surface area contributed by atoms with Crippen molar-refractivity contribution in [1.82, 2.24) is 14.8 Å². The van der Waals surface area contributed by atoms with E-state index >= 15 is 0 Å². The second-order valence-electron chi connectivity index (χ2n) is 7.26. The Morgan fingerprint density at radius 1 is 1.13 bits per heavy atom. The SMILES string of the molecule is CCOc1cccc(C(O)=C2C(=O)C(=O)N(CCN(CC)CC)C2c2ccncc2)c1. The van der Waals surface area contributed by atoms with Crippen LogP contribution in [0, 0.1) is 0 Å². The average Bonchev–Trinajstić information content (AvgIpc) is 3.05. The molecule has 31 heavy (non-hydrogen) atoms. The number of Topliss-reactive ketones (excluding diaryl/α,β-unsaturated/α-hetero) is 1. The number of hydrogen-bond donors (Lipinski definition) is 1. The van der Waals surface area contributed by atoms with Crippen LogP contribution in [-0.4, -0.2) is 64.4 Å². The van der Waals surface area contributed by atoms with Gasteiger partial charge in [-0.3, -0.25) is 14.6 Å². The van der Waals surface area contributed by atoms with Crippen LogP contribution in [0.5, 0.6) is 5.75 Å². The van der Waals surface area contributed by atoms with E-state index in [1.54, 1.807) is 53.7 Å². The van der Waals surface area contributed by atoms with Crippen LogP contribution in [0.1, 0.15) is 37.9 Å². The van der Waals surface area contributed by atoms with Gasteiger partial charge in [0.15, 0.2) is 0 Å². The highest BCUT2D eigenvalue weighted by atomic mass is 16.5. The molecule has 0 saturated carbocycles. The van der Waals surface area contributed by atoms with Crippen LogP contribution in [0.2, 0.25) is 0 Å². The van der Waals surface area contributed by atoms with E-state index in [1.165, 1.54) is 0 Å². The molecule has 1 aliphatic heterocycles. The number of likely N-dealkylation sites (N-methyl/N-ethyl adjacent to an activating group) is 1. The van der Waals surface area contributed by atoms with E-state index in [0.717, 1.165) is 18.7 Å². The van der Waals surface area contributed by atoms with Crippen LogP contribution >= 0.6 is 0 Å². The number of aromatic nitrogens is 1. The van der Waals surface area contributed by atoms with Gasteiger partial charge in [-0.2, -0.15) is 0 Å². The van der Waals surface area contributed by atoms with Crippen molar-refractivity contribution in [2.45, 2.75) is 26.8 Å². The zero-order chi connectivity index (χ0) is 22.4. The van der Waals surface area contributed by atoms with Gasteiger partial charge in [0.05, 0.1) is 18.2 Å². The Labute approximate surface area is 183 Å². The number of nitrogens with zero attached hydrogens (tertiary/aromatic N) is 3. The molecule has 1 saturated heterocycles. The number of rotatable bonds is 9. The van der Waals surface area contributed by atoms with Crippen LogP contribution in [0.25, 0.3) is 5.76 Å². The smallest absolute Gasteiger partial charge is 0.295 e. The quantitative estimate of drug-likeness (QED) is 0.379. The topological polar surface area (TPSA) is 83.0 Å². The first-order valence-corrected chi connectivity index (χ1v) is 10.7. The maximum absolute atomic E-state index is 13.0. The Morgan fingerprint density at radius 2 is 1.84 bits per heavy atom. The van der Waals surface area contributed by atoms with Crippen LogP contribution in [0.3, 0.4) is 0 Å². The number of pyridine rings is 1. The molecule has 164 valence electrons. The molecule has 0 aliphatic carbocycles. The summed E-state index contributed by atoms with van der Waals surface area (Å²) in [6, 6.07) is 9.77. The van der Waals surface area contributed by atoms with Gasteiger partial charge in [0, 0.05) is 31.0 Å². The number of hydrogen-bond acceptors (Lipinski definition) is 6. The van der Waals surface area contributed by atoms with Crippen LogP contribution in [0.15, 0.2) is 54.4 Å². The molecule has 0 bridgehead atoms. The third kappa shape index (κ3) is 4.77. The number of carbonyl (C=O) groups is 2. The summed E-state index contributed by atoms with van der Waals surface area (Å²) in [5.41, 5.74) is 1.26. The van der Waals surface area contributed by atoms with Gasteiger partial charge in [-0.15, -0.1) is 0 Å². The fraction of sp³-hybridized carbons (Fsp3) is 0.375. The Kier molecular flexibility index (Phi) is 7.41. The summed E-state index contributed by atoms with van der Waals surface area (Å²) in [6.45, 7) is 9.20. The highest BCUT2D eigenvalue weighted by molar-refractivity contribution is 6.46. The maximum atomic E-state index is 13.0. The average molecular weight is 424 g/mol. The molecular formula is C24H29N3O4. The monoisotopic (exact) mass is 423 g/mol. The Balaban J connectivity index is 2.06. The van der Waals surface area contributed by atoms with Crippen LogP contribution in [0.4, 0.5) is 0 Å². The Bertz CT molecular complexity index is 954. The minimum atomic E-state index is -0.680. The van der Waals surface area contributed by atoms with Crippen molar-refractivity contribution in [3.05, 3.63) is 65.5 Å². The standard InChI is InChI=1S/C24H29N3O4/c1-4-26(5-2)14-15-27-21(17-10-12-25-13-11-17)20(23(29)24(27)30)22(28)18-8-7-9-19(16-18)31-6-3/h7-13,16,21,28H,4-6,14-15H2,1-3H3. The van der Waals surface area contributed by atoms with Gasteiger partial charge in [-0.05, 0) is 49.8 Å². The second kappa shape index (κ2) is 10.2. The van der Waals surface area contributed by atoms with Crippen LogP contribution < -0.4 is 4.74 Å². The number of amides is 1. The number of ether oxygens (including phenoxy) is 1. The fourth-order valence-corrected chi connectivity index (χ4v) is 3.85. The van der Waals surface area contributed by atoms with E-state index in [9.17, 15) is 14.7 Å². The third-order valence-corrected chi connectivity index (χ3v) is 5.53. The van der Waals surface area contributed by atoms with Gasteiger partial charge in [0.2, 0.25) is 0 Å². The molecule has 0 spiro atoms. The van der Waals surface area contributed by atoms with Gasteiger partial charge in [-0.25, -0.2) is 0 Å². The van der Waals surface area contributed by atoms with Gasteiger partial charge in [0.1, 0.15) is 11.5 Å². The number of benzene rings is 1. The van der Waals surface area contributed by atoms with Gasteiger partial charge < -0.3 is 19.6 Å². The number of likely N-dealkylation sites (tertiary alicyclic amines) is 1. The van der Waals surface area contributed by atoms with E-state index in [-0.39, 0.29) is 11.3 Å². The zero-order valence-electron chi connectivity index (χ0n) is 18.2. The summed E-state index contributed by atoms with van der Waals surface area (Å²) in [6.07, 6.45) is 3.24. The number of ketones is 1. The molecule has 3 rings (SSSR count). The Hall–Kier alpha value is -3.19. The lowest BCUT2D eigenvalue weighted by Crippen LogP contribution is -2.38. The predicted molar refractivity (Wildman–Crippen MR) is 119 cm³/mol. The highest BCUT2D eigenvalue weighted by Crippen LogP contribution is 2.39. The van der Waals surface area contributed by atoms with E-state index in [2.05, 4.69) is 23.7 Å². The second-order valence-corrected chi connectivity index (χ2v) is 7.26. The van der Waals surface area contributed by atoms with E-state index < -0.39 is 17.7 Å². The van der Waals surface area contributed by atoms with Crippen molar-refractivity contribution in [3.63, 3.8) is 0 Å². The fourth-order valence-electron chi connectivity index (χ4n) is 3.85. The maximum Gasteiger partial charge on any atom is 0.295 e. The van der Waals surface area contributed by atoms with Crippen LogP contribution in [-0.2, 0) is 9.59 Å². The van der Waals surface area contributed by atoms with Crippen molar-refractivity contribution in [1.29, 1.82) is 0 Å². The van der Waals surface area contributed by atoms with Gasteiger partial charge in [-0.1, -0.05) is 26.0 Å². The molecule has 1 aromatic heterocycles. The first-order chi connectivity index (χ1) is 15.0. The molecule has 1 atom stereocenters. The summed E-state index contributed by atoms with van der Waals surface area (Å²) in [5.74, 6) is -0.896. The summed E-state index contributed by atoms with van der Waals surface area (Å²) in [5, 5.41) is 11.1. The minimum absolute atomic E-state index is 0.0874. The molecule has 1 unspecified atom stereocenters. The first kappa shape index (κ1) is 22.5. The molecule has 1 aromatic carbocycles. The number of aliphatic hydroxyl groups excluding tert-OH is 1. The number of aliphatic hydroxyl groups is 1. The summed E-state index contributed by atoms with van der Waals surface area (Å²) < 4.78 is 5.52. The molecule has 2 heterocycles. The normalized spacial score (nSPS) is 18.1. The van der Waals surface area contributed by atoms with Crippen molar-refractivity contribution in [2.24, 2.45) is 0 Å². The number of carbonyl (C=O) groups excluding carboxylic acids is 2. The summed E-state index contributed by atoms with van der Waals surface area (Å²) in [4.78, 5) is 33.8. The van der Waals surface area contributed by atoms with E-state index in [4.69, 9.17) is 4.74 Å². The first-order valence-electron chi connectivity index (χ1n) is 10.7. The molecule has 1 aliphatic rings. The molecule has 2 aromatic rings. The van der Waals surface area contributed by atoms with Gasteiger partial charge >= 0.3 is 0 Å². The predicted octanol–water partition coefficient (Wildman–Crippen LogP) is 3.24. The lowest BCUT2D eigenvalue weighted by atomic mass is 9.96. The molecule has 0 radical (unpaired) electrons. The summed E-state index contributed by atoms with van der Waals surface area (Å²) >= 11 is 0. The van der Waals surface area contributed by atoms with Crippen molar-refractivity contribution >= 4 is 17.4 Å². The van der Waals surface area contributed by atoms with Crippen molar-refractivity contribution in [3.8, 4) is 5.75 Å². The van der Waals surface area contributed by atoms with Crippen molar-refractivity contribution in [2.75, 3.05) is 32.8 Å². The molecule has 1 fully saturated rings. The third-order valence-electron chi connectivity index (χ3n) is 5.53. The largest absolute Gasteiger partial charge is 0.507 e. The van der Waals surface area contributed by atoms with E-state index in [0.29, 0.717) is 31.0 Å².